The van der Waals surface area contributed by atoms with Crippen LogP contribution in [0.5, 0.6) is 0 Å². The van der Waals surface area contributed by atoms with Crippen molar-refractivity contribution in [2.24, 2.45) is 11.8 Å². The van der Waals surface area contributed by atoms with Gasteiger partial charge in [-0.25, -0.2) is 0 Å². The lowest BCUT2D eigenvalue weighted by molar-refractivity contribution is -0.172. The number of carbonyl (C=O) groups excluding carboxylic acids is 2. The largest absolute Gasteiger partial charge is 0.393 e. The van der Waals surface area contributed by atoms with Crippen molar-refractivity contribution < 1.29 is 14.3 Å². The first-order valence-electron chi connectivity index (χ1n) is 4.44. The number of cyclic esters (lactones) is 2. The van der Waals surface area contributed by atoms with Gasteiger partial charge in [-0.2, -0.15) is 0 Å². The minimum Gasteiger partial charge on any atom is -0.393 e. The monoisotopic (exact) mass is 170 g/mol. The molecule has 1 aliphatic heterocycles. The Morgan fingerprint density at radius 3 is 1.92 bits per heavy atom. The molecule has 0 radical (unpaired) electrons. The molecule has 1 saturated heterocycles. The van der Waals surface area contributed by atoms with Crippen LogP contribution in [0.1, 0.15) is 33.1 Å². The van der Waals surface area contributed by atoms with Crippen LogP contribution in [0.25, 0.3) is 0 Å². The van der Waals surface area contributed by atoms with Crippen LogP contribution in [0.4, 0.5) is 0 Å². The molecule has 2 atom stereocenters. The van der Waals surface area contributed by atoms with E-state index in [2.05, 4.69) is 4.74 Å². The van der Waals surface area contributed by atoms with Crippen LogP contribution >= 0.6 is 0 Å². The van der Waals surface area contributed by atoms with E-state index < -0.39 is 0 Å². The van der Waals surface area contributed by atoms with Crippen LogP contribution in [0, 0.1) is 11.8 Å². The van der Waals surface area contributed by atoms with Crippen molar-refractivity contribution in [3.05, 3.63) is 0 Å². The summed E-state index contributed by atoms with van der Waals surface area (Å²) >= 11 is 0. The van der Waals surface area contributed by atoms with E-state index in [0.717, 1.165) is 12.8 Å². The first-order chi connectivity index (χ1) is 5.69. The maximum atomic E-state index is 11.1. The summed E-state index contributed by atoms with van der Waals surface area (Å²) in [7, 11) is 0. The topological polar surface area (TPSA) is 43.4 Å². The molecule has 3 heteroatoms. The maximum Gasteiger partial charge on any atom is 0.316 e. The van der Waals surface area contributed by atoms with E-state index in [9.17, 15) is 9.59 Å². The van der Waals surface area contributed by atoms with Gasteiger partial charge in [0.2, 0.25) is 0 Å². The van der Waals surface area contributed by atoms with Gasteiger partial charge in [-0.15, -0.1) is 0 Å². The second kappa shape index (κ2) is 3.70. The molecule has 12 heavy (non-hydrogen) atoms. The standard InChI is InChI=1S/C9H14O3/c1-3-6-5-7(4-2)9(11)12-8(6)10/h6-7H,3-5H2,1-2H3. The molecule has 1 heterocycles. The Balaban J connectivity index is 2.62. The second-order valence-electron chi connectivity index (χ2n) is 3.19. The molecule has 0 aliphatic carbocycles. The van der Waals surface area contributed by atoms with Gasteiger partial charge < -0.3 is 4.74 Å². The van der Waals surface area contributed by atoms with Crippen molar-refractivity contribution in [1.82, 2.24) is 0 Å². The molecule has 1 rings (SSSR count). The van der Waals surface area contributed by atoms with E-state index in [-0.39, 0.29) is 23.8 Å². The molecule has 0 aromatic rings. The van der Waals surface area contributed by atoms with Gasteiger partial charge in [0.25, 0.3) is 0 Å². The van der Waals surface area contributed by atoms with Crippen molar-refractivity contribution in [1.29, 1.82) is 0 Å². The van der Waals surface area contributed by atoms with Crippen LogP contribution < -0.4 is 0 Å². The average molecular weight is 170 g/mol. The number of hydrogen-bond donors (Lipinski definition) is 0. The molecule has 0 amide bonds. The molecule has 0 saturated carbocycles. The van der Waals surface area contributed by atoms with Crippen molar-refractivity contribution in [2.45, 2.75) is 33.1 Å². The van der Waals surface area contributed by atoms with E-state index in [4.69, 9.17) is 0 Å². The minimum atomic E-state index is -0.341. The van der Waals surface area contributed by atoms with Gasteiger partial charge in [-0.05, 0) is 19.3 Å². The summed E-state index contributed by atoms with van der Waals surface area (Å²) in [5.41, 5.74) is 0. The fourth-order valence-electron chi connectivity index (χ4n) is 1.47. The Morgan fingerprint density at radius 1 is 1.17 bits per heavy atom. The summed E-state index contributed by atoms with van der Waals surface area (Å²) in [6.45, 7) is 3.88. The summed E-state index contributed by atoms with van der Waals surface area (Å²) in [4.78, 5) is 22.1. The van der Waals surface area contributed by atoms with Gasteiger partial charge >= 0.3 is 11.9 Å². The number of esters is 2. The van der Waals surface area contributed by atoms with Crippen molar-refractivity contribution in [3.8, 4) is 0 Å². The van der Waals surface area contributed by atoms with Crippen molar-refractivity contribution in [3.63, 3.8) is 0 Å². The highest BCUT2D eigenvalue weighted by molar-refractivity contribution is 5.90. The maximum absolute atomic E-state index is 11.1. The highest BCUT2D eigenvalue weighted by Crippen LogP contribution is 2.26. The van der Waals surface area contributed by atoms with Crippen molar-refractivity contribution in [2.75, 3.05) is 0 Å². The van der Waals surface area contributed by atoms with Crippen LogP contribution in [0.2, 0.25) is 0 Å². The predicted molar refractivity (Wildman–Crippen MR) is 43.3 cm³/mol. The van der Waals surface area contributed by atoms with Gasteiger partial charge in [0.15, 0.2) is 0 Å². The summed E-state index contributed by atoms with van der Waals surface area (Å²) < 4.78 is 4.62. The molecule has 0 aromatic carbocycles. The zero-order valence-corrected chi connectivity index (χ0v) is 7.50. The SMILES string of the molecule is CCC1CC(CC)C(=O)OC1=O. The Bertz CT molecular complexity index is 178. The van der Waals surface area contributed by atoms with E-state index in [1.54, 1.807) is 0 Å². The highest BCUT2D eigenvalue weighted by Gasteiger charge is 2.34. The Morgan fingerprint density at radius 2 is 1.58 bits per heavy atom. The zero-order chi connectivity index (χ0) is 9.14. The molecular formula is C9H14O3. The zero-order valence-electron chi connectivity index (χ0n) is 7.50. The lowest BCUT2D eigenvalue weighted by Crippen LogP contribution is -2.34. The minimum absolute atomic E-state index is 0.0624. The molecular weight excluding hydrogens is 156 g/mol. The fraction of sp³-hybridized carbons (Fsp3) is 0.778. The van der Waals surface area contributed by atoms with Crippen LogP contribution in [-0.4, -0.2) is 11.9 Å². The van der Waals surface area contributed by atoms with Crippen LogP contribution in [0.3, 0.4) is 0 Å². The molecule has 0 aromatic heterocycles. The summed E-state index contributed by atoms with van der Waals surface area (Å²) in [5, 5.41) is 0. The lowest BCUT2D eigenvalue weighted by Gasteiger charge is -2.24. The van der Waals surface area contributed by atoms with E-state index in [1.165, 1.54) is 0 Å². The molecule has 68 valence electrons. The molecule has 3 nitrogen and oxygen atoms in total. The van der Waals surface area contributed by atoms with Gasteiger partial charge in [-0.3, -0.25) is 9.59 Å². The molecule has 1 aliphatic rings. The quantitative estimate of drug-likeness (QED) is 0.466. The highest BCUT2D eigenvalue weighted by atomic mass is 16.6. The second-order valence-corrected chi connectivity index (χ2v) is 3.19. The molecule has 0 bridgehead atoms. The van der Waals surface area contributed by atoms with Gasteiger partial charge in [0, 0.05) is 0 Å². The van der Waals surface area contributed by atoms with E-state index in [0.29, 0.717) is 6.42 Å². The number of carbonyl (C=O) groups is 2. The molecule has 0 N–H and O–H groups in total. The average Bonchev–Trinajstić information content (AvgIpc) is 2.05. The molecule has 0 spiro atoms. The summed E-state index contributed by atoms with van der Waals surface area (Å²) in [5.74, 6) is -0.806. The molecule has 1 fully saturated rings. The Labute approximate surface area is 72.1 Å². The smallest absolute Gasteiger partial charge is 0.316 e. The number of rotatable bonds is 2. The predicted octanol–water partition coefficient (Wildman–Crippen LogP) is 1.51. The fourth-order valence-corrected chi connectivity index (χ4v) is 1.47. The van der Waals surface area contributed by atoms with Crippen LogP contribution in [-0.2, 0) is 14.3 Å². The molecule has 2 unspecified atom stereocenters. The van der Waals surface area contributed by atoms with E-state index >= 15 is 0 Å². The summed E-state index contributed by atoms with van der Waals surface area (Å²) in [6.07, 6.45) is 2.20. The van der Waals surface area contributed by atoms with Crippen molar-refractivity contribution >= 4 is 11.9 Å². The first kappa shape index (κ1) is 9.23. The first-order valence-corrected chi connectivity index (χ1v) is 4.44. The third-order valence-corrected chi connectivity index (χ3v) is 2.42. The van der Waals surface area contributed by atoms with Gasteiger partial charge in [0.05, 0.1) is 11.8 Å². The Hall–Kier alpha value is -0.860. The number of ether oxygens (including phenoxy) is 1. The third-order valence-electron chi connectivity index (χ3n) is 2.42. The summed E-state index contributed by atoms with van der Waals surface area (Å²) in [6, 6.07) is 0. The third kappa shape index (κ3) is 1.65. The normalized spacial score (nSPS) is 30.2. The van der Waals surface area contributed by atoms with Gasteiger partial charge in [0.1, 0.15) is 0 Å². The van der Waals surface area contributed by atoms with Crippen LogP contribution in [0.15, 0.2) is 0 Å². The van der Waals surface area contributed by atoms with E-state index in [1.807, 2.05) is 13.8 Å². The lowest BCUT2D eigenvalue weighted by atomic mass is 9.89. The Kier molecular flexibility index (Phi) is 2.84. The number of hydrogen-bond acceptors (Lipinski definition) is 3. The van der Waals surface area contributed by atoms with Gasteiger partial charge in [-0.1, -0.05) is 13.8 Å².